The van der Waals surface area contributed by atoms with Crippen LogP contribution in [0.4, 0.5) is 26.3 Å². The normalized spacial score (nSPS) is 12.6. The van der Waals surface area contributed by atoms with E-state index in [1.165, 1.54) is 33.9 Å². The summed E-state index contributed by atoms with van der Waals surface area (Å²) < 4.78 is 91.5. The van der Waals surface area contributed by atoms with Gasteiger partial charge in [0.25, 0.3) is 0 Å². The molecular formula is C29H16F6N4Pt. The first-order valence-electron chi connectivity index (χ1n) is 11.7. The summed E-state index contributed by atoms with van der Waals surface area (Å²) in [5, 5.41) is 9.90. The Hall–Kier alpha value is -3.91. The topological polar surface area (TPSA) is 35.6 Å². The van der Waals surface area contributed by atoms with Gasteiger partial charge in [0.05, 0.1) is 11.0 Å². The van der Waals surface area contributed by atoms with Crippen molar-refractivity contribution in [3.8, 4) is 11.4 Å². The van der Waals surface area contributed by atoms with Gasteiger partial charge in [-0.25, -0.2) is 0 Å². The van der Waals surface area contributed by atoms with Crippen LogP contribution < -0.4 is 0 Å². The number of halogens is 6. The molecule has 0 bridgehead atoms. The van der Waals surface area contributed by atoms with Crippen molar-refractivity contribution in [1.82, 2.24) is 19.6 Å². The molecule has 0 unspecified atom stereocenters. The van der Waals surface area contributed by atoms with Crippen LogP contribution in [0, 0.1) is 12.1 Å². The van der Waals surface area contributed by atoms with E-state index in [1.807, 2.05) is 0 Å². The van der Waals surface area contributed by atoms with Crippen LogP contribution in [0.5, 0.6) is 0 Å². The van der Waals surface area contributed by atoms with E-state index in [-0.39, 0.29) is 32.4 Å². The van der Waals surface area contributed by atoms with Crippen LogP contribution in [0.2, 0.25) is 0 Å². The Kier molecular flexibility index (Phi) is 6.86. The van der Waals surface area contributed by atoms with E-state index in [1.54, 1.807) is 48.5 Å². The van der Waals surface area contributed by atoms with Crippen molar-refractivity contribution in [1.29, 1.82) is 0 Å². The number of aromatic nitrogens is 4. The second-order valence-electron chi connectivity index (χ2n) is 8.91. The summed E-state index contributed by atoms with van der Waals surface area (Å²) in [6.45, 7) is 0. The zero-order chi connectivity index (χ0) is 27.4. The van der Waals surface area contributed by atoms with Crippen molar-refractivity contribution in [3.05, 3.63) is 121 Å². The van der Waals surface area contributed by atoms with Crippen molar-refractivity contribution in [2.45, 2.75) is 17.8 Å². The number of alkyl halides is 6. The van der Waals surface area contributed by atoms with E-state index in [4.69, 9.17) is 0 Å². The fourth-order valence-electron chi connectivity index (χ4n) is 4.71. The predicted molar refractivity (Wildman–Crippen MR) is 133 cm³/mol. The molecule has 0 aliphatic carbocycles. The smallest absolute Gasteiger partial charge is 0.264 e. The largest absolute Gasteiger partial charge is 2.00 e. The molecule has 6 rings (SSSR count). The second kappa shape index (κ2) is 9.93. The van der Waals surface area contributed by atoms with E-state index in [2.05, 4.69) is 22.3 Å². The van der Waals surface area contributed by atoms with Gasteiger partial charge in [-0.2, -0.15) is 72.9 Å². The zero-order valence-corrected chi connectivity index (χ0v) is 22.4. The maximum absolute atomic E-state index is 14.8. The first kappa shape index (κ1) is 27.6. The Bertz CT molecular complexity index is 1620. The molecule has 0 atom stereocenters. The monoisotopic (exact) mass is 729 g/mol. The van der Waals surface area contributed by atoms with Crippen LogP contribution in [0.15, 0.2) is 97.3 Å². The molecule has 40 heavy (non-hydrogen) atoms. The maximum Gasteiger partial charge on any atom is 2.00 e. The molecule has 0 saturated carbocycles. The molecule has 4 aromatic carbocycles. The molecule has 0 spiro atoms. The number of hydrogen-bond donors (Lipinski definition) is 0. The van der Waals surface area contributed by atoms with E-state index in [9.17, 15) is 26.3 Å². The van der Waals surface area contributed by atoms with Crippen LogP contribution in [-0.2, 0) is 26.5 Å². The summed E-state index contributed by atoms with van der Waals surface area (Å²) in [4.78, 5) is 0. The molecule has 0 amide bonds. The van der Waals surface area contributed by atoms with Crippen LogP contribution in [-0.4, -0.2) is 31.9 Å². The first-order valence-corrected chi connectivity index (χ1v) is 11.7. The summed E-state index contributed by atoms with van der Waals surface area (Å²) in [7, 11) is 0. The van der Waals surface area contributed by atoms with Crippen LogP contribution >= 0.6 is 0 Å². The Balaban J connectivity index is 0.00000323. The second-order valence-corrected chi connectivity index (χ2v) is 8.91. The maximum atomic E-state index is 14.8. The van der Waals surface area contributed by atoms with Gasteiger partial charge in [-0.15, -0.1) is 23.3 Å². The third-order valence-corrected chi connectivity index (χ3v) is 6.54. The Labute approximate surface area is 238 Å². The van der Waals surface area contributed by atoms with Gasteiger partial charge in [-0.3, -0.25) is 9.36 Å². The van der Waals surface area contributed by atoms with Gasteiger partial charge in [-0.1, -0.05) is 36.4 Å². The summed E-state index contributed by atoms with van der Waals surface area (Å²) in [6.07, 6.45) is -8.55. The number of benzene rings is 4. The summed E-state index contributed by atoms with van der Waals surface area (Å²) in [5.74, 6) is 0. The molecule has 0 aliphatic rings. The Morgan fingerprint density at radius 3 is 1.30 bits per heavy atom. The SMILES string of the molecule is FC(F)(F)C(c1[c-]c(-n2cc3ccccc3n2)ccc1)(c1[c-]c(-n2cc3ccccc3n2)ccc1)C(F)(F)F.[Pt+2]. The van der Waals surface area contributed by atoms with Gasteiger partial charge in [0, 0.05) is 23.2 Å². The van der Waals surface area contributed by atoms with Crippen LogP contribution in [0.1, 0.15) is 11.1 Å². The Morgan fingerprint density at radius 1 is 0.525 bits per heavy atom. The van der Waals surface area contributed by atoms with Crippen molar-refractivity contribution >= 4 is 21.8 Å². The predicted octanol–water partition coefficient (Wildman–Crippen LogP) is 7.37. The standard InChI is InChI=1S/C29H16F6N4.Pt/c30-28(31,32)27(29(33,34)35,21-9-5-11-23(15-21)38-17-19-7-1-3-13-25(19)36-38)22-10-6-12-24(16-22)39-18-20-8-2-4-14-26(20)37-39;/h1-14,17-18H;/q-2;+2. The number of hydrogen-bond acceptors (Lipinski definition) is 2. The summed E-state index contributed by atoms with van der Waals surface area (Å²) >= 11 is 0. The molecule has 0 N–H and O–H groups in total. The average molecular weight is 730 g/mol. The van der Waals surface area contributed by atoms with Gasteiger partial charge >= 0.3 is 33.4 Å². The van der Waals surface area contributed by atoms with Gasteiger partial charge in [0.15, 0.2) is 5.41 Å². The fourth-order valence-corrected chi connectivity index (χ4v) is 4.71. The van der Waals surface area contributed by atoms with Gasteiger partial charge in [0.2, 0.25) is 0 Å². The first-order chi connectivity index (χ1) is 18.6. The van der Waals surface area contributed by atoms with Crippen molar-refractivity contribution < 1.29 is 47.4 Å². The van der Waals surface area contributed by atoms with E-state index in [0.717, 1.165) is 24.3 Å². The molecule has 204 valence electrons. The van der Waals surface area contributed by atoms with E-state index >= 15 is 0 Å². The quantitative estimate of drug-likeness (QED) is 0.140. The number of nitrogens with zero attached hydrogens (tertiary/aromatic N) is 4. The Morgan fingerprint density at radius 2 is 0.925 bits per heavy atom. The van der Waals surface area contributed by atoms with Gasteiger partial charge in [-0.05, 0) is 23.5 Å². The van der Waals surface area contributed by atoms with Crippen molar-refractivity contribution in [2.75, 3.05) is 0 Å². The number of rotatable bonds is 4. The third kappa shape index (κ3) is 4.40. The van der Waals surface area contributed by atoms with Gasteiger partial charge in [0.1, 0.15) is 0 Å². The summed E-state index contributed by atoms with van der Waals surface area (Å²) in [5.41, 5.74) is -5.77. The molecule has 4 nitrogen and oxygen atoms in total. The molecule has 0 saturated heterocycles. The fraction of sp³-hybridized carbons (Fsp3) is 0.103. The van der Waals surface area contributed by atoms with E-state index in [0.29, 0.717) is 21.8 Å². The van der Waals surface area contributed by atoms with Crippen molar-refractivity contribution in [2.24, 2.45) is 0 Å². The van der Waals surface area contributed by atoms with E-state index < -0.39 is 28.9 Å². The minimum Gasteiger partial charge on any atom is -0.264 e. The van der Waals surface area contributed by atoms with Crippen LogP contribution in [0.3, 0.4) is 0 Å². The van der Waals surface area contributed by atoms with Gasteiger partial charge < -0.3 is 0 Å². The number of fused-ring (bicyclic) bond motifs is 2. The van der Waals surface area contributed by atoms with Crippen molar-refractivity contribution in [3.63, 3.8) is 0 Å². The molecule has 6 aromatic rings. The molecular weight excluding hydrogens is 713 g/mol. The minimum atomic E-state index is -5.79. The molecule has 0 radical (unpaired) electrons. The molecule has 2 aromatic heterocycles. The molecule has 0 fully saturated rings. The molecule has 11 heteroatoms. The third-order valence-electron chi connectivity index (χ3n) is 6.54. The minimum absolute atomic E-state index is 0. The zero-order valence-electron chi connectivity index (χ0n) is 20.1. The van der Waals surface area contributed by atoms with Crippen LogP contribution in [0.25, 0.3) is 33.2 Å². The summed E-state index contributed by atoms with van der Waals surface area (Å²) in [6, 6.07) is 25.0. The molecule has 0 aliphatic heterocycles. The average Bonchev–Trinajstić information content (AvgIpc) is 3.52. The molecule has 2 heterocycles.